The summed E-state index contributed by atoms with van der Waals surface area (Å²) in [5.41, 5.74) is 6.26. The van der Waals surface area contributed by atoms with Crippen LogP contribution in [0.2, 0.25) is 0 Å². The summed E-state index contributed by atoms with van der Waals surface area (Å²) in [6, 6.07) is 44.0. The lowest BCUT2D eigenvalue weighted by Gasteiger charge is -2.08. The molecule has 0 aromatic heterocycles. The lowest BCUT2D eigenvalue weighted by atomic mass is 10.0. The van der Waals surface area contributed by atoms with Gasteiger partial charge in [-0.25, -0.2) is 9.59 Å². The molecule has 0 aliphatic carbocycles. The van der Waals surface area contributed by atoms with Crippen LogP contribution < -0.4 is 18.9 Å². The van der Waals surface area contributed by atoms with E-state index in [1.165, 1.54) is 0 Å². The predicted molar refractivity (Wildman–Crippen MR) is 208 cm³/mol. The van der Waals surface area contributed by atoms with Crippen LogP contribution in [0.1, 0.15) is 56.8 Å². The molecule has 0 aliphatic rings. The molecule has 0 unspecified atom stereocenters. The van der Waals surface area contributed by atoms with E-state index in [0.717, 1.165) is 45.1 Å². The van der Waals surface area contributed by atoms with Crippen LogP contribution in [0.15, 0.2) is 156 Å². The average molecular weight is 703 g/mol. The van der Waals surface area contributed by atoms with Gasteiger partial charge in [0.05, 0.1) is 35.7 Å². The Hall–Kier alpha value is -6.80. The molecule has 0 bridgehead atoms. The normalized spacial score (nSPS) is 11.1. The Morgan fingerprint density at radius 2 is 0.792 bits per heavy atom. The number of aliphatic imine (C=N–C) groups is 2. The van der Waals surface area contributed by atoms with Crippen molar-refractivity contribution in [3.05, 3.63) is 179 Å². The molecular weight excluding hydrogens is 665 g/mol. The summed E-state index contributed by atoms with van der Waals surface area (Å²) < 4.78 is 22.1. The van der Waals surface area contributed by atoms with E-state index in [4.69, 9.17) is 18.9 Å². The molecule has 0 radical (unpaired) electrons. The summed E-state index contributed by atoms with van der Waals surface area (Å²) in [6.45, 7) is 5.14. The van der Waals surface area contributed by atoms with Crippen molar-refractivity contribution in [1.29, 1.82) is 0 Å². The molecule has 8 nitrogen and oxygen atoms in total. The highest BCUT2D eigenvalue weighted by Gasteiger charge is 2.11. The molecule has 0 atom stereocenters. The first kappa shape index (κ1) is 36.0. The summed E-state index contributed by atoms with van der Waals surface area (Å²) in [7, 11) is 0. The Morgan fingerprint density at radius 3 is 1.13 bits per heavy atom. The number of esters is 2. The minimum atomic E-state index is -0.450. The van der Waals surface area contributed by atoms with Crippen molar-refractivity contribution in [1.82, 2.24) is 0 Å². The van der Waals surface area contributed by atoms with Gasteiger partial charge in [-0.05, 0) is 164 Å². The number of benzene rings is 6. The van der Waals surface area contributed by atoms with Gasteiger partial charge in [0.25, 0.3) is 0 Å². The van der Waals surface area contributed by atoms with Crippen LogP contribution in [0.3, 0.4) is 0 Å². The molecule has 53 heavy (non-hydrogen) atoms. The van der Waals surface area contributed by atoms with Crippen molar-refractivity contribution in [2.24, 2.45) is 9.98 Å². The third-order valence-corrected chi connectivity index (χ3v) is 7.99. The second-order valence-electron chi connectivity index (χ2n) is 11.9. The fourth-order valence-electron chi connectivity index (χ4n) is 5.22. The zero-order valence-corrected chi connectivity index (χ0v) is 29.5. The third-order valence-electron chi connectivity index (χ3n) is 7.99. The van der Waals surface area contributed by atoms with Gasteiger partial charge >= 0.3 is 11.9 Å². The number of nitrogens with zero attached hydrogens (tertiary/aromatic N) is 2. The number of hydrogen-bond acceptors (Lipinski definition) is 8. The van der Waals surface area contributed by atoms with Crippen molar-refractivity contribution in [3.8, 4) is 23.0 Å². The summed E-state index contributed by atoms with van der Waals surface area (Å²) in [5, 5.41) is 0. The third kappa shape index (κ3) is 10.6. The van der Waals surface area contributed by atoms with Gasteiger partial charge < -0.3 is 18.9 Å². The van der Waals surface area contributed by atoms with Gasteiger partial charge in [-0.3, -0.25) is 9.98 Å². The molecular formula is C45H38N2O6. The van der Waals surface area contributed by atoms with E-state index in [1.807, 2.05) is 86.6 Å². The molecule has 6 rings (SSSR count). The monoisotopic (exact) mass is 702 g/mol. The fraction of sp³-hybridized carbons (Fsp3) is 0.111. The fourth-order valence-corrected chi connectivity index (χ4v) is 5.22. The first-order valence-corrected chi connectivity index (χ1v) is 17.3. The van der Waals surface area contributed by atoms with E-state index in [-0.39, 0.29) is 0 Å². The molecule has 8 heteroatoms. The van der Waals surface area contributed by atoms with E-state index in [0.29, 0.717) is 42.3 Å². The molecule has 6 aromatic rings. The SMILES string of the molecule is CCOc1ccc(C=Nc2ccc(C(=O)Oc3ccc(Cc4ccc(OC(=O)c5ccc(N=Cc6ccc(OCC)cc6)cc5)cc4)cc3)cc2)cc1. The van der Waals surface area contributed by atoms with Gasteiger partial charge in [-0.15, -0.1) is 0 Å². The highest BCUT2D eigenvalue weighted by atomic mass is 16.5. The molecule has 0 fully saturated rings. The summed E-state index contributed by atoms with van der Waals surface area (Å²) >= 11 is 0. The van der Waals surface area contributed by atoms with Gasteiger partial charge in [0, 0.05) is 12.4 Å². The molecule has 264 valence electrons. The largest absolute Gasteiger partial charge is 0.494 e. The minimum absolute atomic E-state index is 0.428. The van der Waals surface area contributed by atoms with E-state index in [9.17, 15) is 9.59 Å². The van der Waals surface area contributed by atoms with Gasteiger partial charge in [0.15, 0.2) is 0 Å². The van der Waals surface area contributed by atoms with Crippen LogP contribution in [-0.2, 0) is 6.42 Å². The predicted octanol–water partition coefficient (Wildman–Crippen LogP) is 10.0. The van der Waals surface area contributed by atoms with E-state index in [2.05, 4.69) is 9.98 Å². The van der Waals surface area contributed by atoms with Crippen molar-refractivity contribution in [3.63, 3.8) is 0 Å². The van der Waals surface area contributed by atoms with Gasteiger partial charge in [-0.1, -0.05) is 24.3 Å². The smallest absolute Gasteiger partial charge is 0.343 e. The maximum atomic E-state index is 12.8. The van der Waals surface area contributed by atoms with Crippen LogP contribution in [0.4, 0.5) is 11.4 Å². The summed E-state index contributed by atoms with van der Waals surface area (Å²) in [4.78, 5) is 34.5. The Morgan fingerprint density at radius 1 is 0.453 bits per heavy atom. The number of hydrogen-bond donors (Lipinski definition) is 0. The van der Waals surface area contributed by atoms with E-state index in [1.54, 1.807) is 85.2 Å². The Kier molecular flexibility index (Phi) is 12.2. The topological polar surface area (TPSA) is 95.8 Å². The maximum Gasteiger partial charge on any atom is 0.343 e. The number of carbonyl (C=O) groups is 2. The van der Waals surface area contributed by atoms with Crippen molar-refractivity contribution >= 4 is 35.7 Å². The van der Waals surface area contributed by atoms with Crippen LogP contribution in [0.5, 0.6) is 23.0 Å². The van der Waals surface area contributed by atoms with Crippen LogP contribution in [0.25, 0.3) is 0 Å². The zero-order valence-electron chi connectivity index (χ0n) is 29.5. The molecule has 0 N–H and O–H groups in total. The molecule has 0 saturated carbocycles. The zero-order chi connectivity index (χ0) is 36.8. The van der Waals surface area contributed by atoms with Crippen molar-refractivity contribution in [2.75, 3.05) is 13.2 Å². The van der Waals surface area contributed by atoms with Crippen molar-refractivity contribution in [2.45, 2.75) is 20.3 Å². The highest BCUT2D eigenvalue weighted by Crippen LogP contribution is 2.22. The maximum absolute atomic E-state index is 12.8. The van der Waals surface area contributed by atoms with Crippen molar-refractivity contribution < 1.29 is 28.5 Å². The molecule has 0 aliphatic heterocycles. The first-order chi connectivity index (χ1) is 25.9. The molecule has 0 spiro atoms. The van der Waals surface area contributed by atoms with Crippen LogP contribution in [-0.4, -0.2) is 37.6 Å². The standard InChI is InChI=1S/C45H38N2O6/c1-3-50-40-21-9-34(10-22-40)30-46-38-17-13-36(14-18-38)44(48)52-42-25-5-32(6-26-42)29-33-7-27-43(28-8-33)53-45(49)37-15-19-39(20-16-37)47-31-35-11-23-41(24-12-35)51-4-2/h5-28,30-31H,3-4,29H2,1-2H3. The quantitative estimate of drug-likeness (QED) is 0.0637. The second kappa shape index (κ2) is 17.9. The number of carbonyl (C=O) groups excluding carboxylic acids is 2. The Balaban J connectivity index is 0.955. The minimum Gasteiger partial charge on any atom is -0.494 e. The molecule has 6 aromatic carbocycles. The van der Waals surface area contributed by atoms with Crippen LogP contribution in [0, 0.1) is 0 Å². The van der Waals surface area contributed by atoms with Gasteiger partial charge in [0.1, 0.15) is 23.0 Å². The highest BCUT2D eigenvalue weighted by molar-refractivity contribution is 5.92. The Bertz CT molecular complexity index is 2000. The van der Waals surface area contributed by atoms with Crippen LogP contribution >= 0.6 is 0 Å². The lowest BCUT2D eigenvalue weighted by Crippen LogP contribution is -2.08. The van der Waals surface area contributed by atoms with Gasteiger partial charge in [0.2, 0.25) is 0 Å². The number of rotatable bonds is 14. The van der Waals surface area contributed by atoms with Gasteiger partial charge in [-0.2, -0.15) is 0 Å². The molecule has 0 saturated heterocycles. The average Bonchev–Trinajstić information content (AvgIpc) is 3.19. The lowest BCUT2D eigenvalue weighted by molar-refractivity contribution is 0.0725. The van der Waals surface area contributed by atoms with E-state index < -0.39 is 11.9 Å². The second-order valence-corrected chi connectivity index (χ2v) is 11.9. The summed E-state index contributed by atoms with van der Waals surface area (Å²) in [6.07, 6.45) is 4.18. The Labute approximate surface area is 309 Å². The summed E-state index contributed by atoms with van der Waals surface area (Å²) in [5.74, 6) is 1.63. The van der Waals surface area contributed by atoms with E-state index >= 15 is 0 Å². The molecule has 0 heterocycles. The first-order valence-electron chi connectivity index (χ1n) is 17.3. The number of ether oxygens (including phenoxy) is 4. The molecule has 0 amide bonds.